The van der Waals surface area contributed by atoms with Crippen molar-refractivity contribution in [2.24, 2.45) is 0 Å². The quantitative estimate of drug-likeness (QED) is 0.763. The number of hydrogen-bond acceptors (Lipinski definition) is 5. The zero-order chi connectivity index (χ0) is 18.7. The monoisotopic (exact) mass is 360 g/mol. The van der Waals surface area contributed by atoms with Gasteiger partial charge in [0.25, 0.3) is 5.91 Å². The van der Waals surface area contributed by atoms with Crippen LogP contribution in [0.4, 0.5) is 5.69 Å². The second kappa shape index (κ2) is 7.86. The van der Waals surface area contributed by atoms with E-state index in [9.17, 15) is 14.4 Å². The number of ether oxygens (including phenoxy) is 2. The fourth-order valence-electron chi connectivity index (χ4n) is 3.38. The van der Waals surface area contributed by atoms with E-state index in [1.807, 2.05) is 13.8 Å². The molecule has 0 saturated carbocycles. The Morgan fingerprint density at radius 2 is 1.81 bits per heavy atom. The lowest BCUT2D eigenvalue weighted by Gasteiger charge is -2.35. The average Bonchev–Trinajstić information content (AvgIpc) is 3.04. The van der Waals surface area contributed by atoms with E-state index in [0.717, 1.165) is 12.1 Å². The molecule has 140 valence electrons. The summed E-state index contributed by atoms with van der Waals surface area (Å²) in [5.74, 6) is -0.675. The number of rotatable bonds is 4. The summed E-state index contributed by atoms with van der Waals surface area (Å²) in [7, 11) is 0. The molecule has 0 aromatic heterocycles. The second-order valence-electron chi connectivity index (χ2n) is 6.83. The lowest BCUT2D eigenvalue weighted by atomic mass is 10.2. The summed E-state index contributed by atoms with van der Waals surface area (Å²) in [6, 6.07) is 6.69. The van der Waals surface area contributed by atoms with Crippen molar-refractivity contribution < 1.29 is 23.9 Å². The molecule has 2 aliphatic heterocycles. The summed E-state index contributed by atoms with van der Waals surface area (Å²) >= 11 is 0. The minimum Gasteiger partial charge on any atom is -0.452 e. The summed E-state index contributed by atoms with van der Waals surface area (Å²) in [6.07, 6.45) is 1.35. The number of nitrogens with zero attached hydrogens (tertiary/aromatic N) is 2. The van der Waals surface area contributed by atoms with Gasteiger partial charge in [-0.1, -0.05) is 0 Å². The first kappa shape index (κ1) is 18.4. The molecule has 7 nitrogen and oxygen atoms in total. The molecule has 0 bridgehead atoms. The van der Waals surface area contributed by atoms with E-state index in [4.69, 9.17) is 9.47 Å². The highest BCUT2D eigenvalue weighted by atomic mass is 16.5. The molecule has 2 saturated heterocycles. The highest BCUT2D eigenvalue weighted by Gasteiger charge is 2.26. The third kappa shape index (κ3) is 4.22. The van der Waals surface area contributed by atoms with Crippen LogP contribution in [0.2, 0.25) is 0 Å². The van der Waals surface area contributed by atoms with E-state index in [0.29, 0.717) is 31.6 Å². The Balaban J connectivity index is 1.53. The molecular formula is C19H24N2O5. The van der Waals surface area contributed by atoms with Gasteiger partial charge < -0.3 is 19.3 Å². The van der Waals surface area contributed by atoms with Gasteiger partial charge in [-0.05, 0) is 44.5 Å². The third-order valence-corrected chi connectivity index (χ3v) is 4.59. The normalized spacial score (nSPS) is 23.2. The van der Waals surface area contributed by atoms with Gasteiger partial charge in [0, 0.05) is 31.7 Å². The molecule has 0 N–H and O–H groups in total. The van der Waals surface area contributed by atoms with Crippen LogP contribution < -0.4 is 4.90 Å². The highest BCUT2D eigenvalue weighted by molar-refractivity contribution is 5.96. The maximum absolute atomic E-state index is 12.2. The van der Waals surface area contributed by atoms with E-state index in [-0.39, 0.29) is 30.6 Å². The molecule has 1 aromatic carbocycles. The van der Waals surface area contributed by atoms with Crippen LogP contribution in [0, 0.1) is 0 Å². The molecule has 3 rings (SSSR count). The average molecular weight is 360 g/mol. The maximum atomic E-state index is 12.2. The standard InChI is InChI=1S/C19H24N2O5/c1-13-10-20(11-14(2)26-13)18(23)12-25-19(24)15-5-7-16(8-6-15)21-9-3-4-17(21)22/h5-8,13-14H,3-4,9-12H2,1-2H3/t13-,14+. The Hall–Kier alpha value is -2.41. The van der Waals surface area contributed by atoms with Gasteiger partial charge in [-0.25, -0.2) is 4.79 Å². The molecule has 7 heteroatoms. The lowest BCUT2D eigenvalue weighted by Crippen LogP contribution is -2.49. The van der Waals surface area contributed by atoms with Crippen molar-refractivity contribution in [3.63, 3.8) is 0 Å². The van der Waals surface area contributed by atoms with Crippen LogP contribution in [-0.2, 0) is 19.1 Å². The summed E-state index contributed by atoms with van der Waals surface area (Å²) in [6.45, 7) is 5.24. The van der Waals surface area contributed by atoms with E-state index >= 15 is 0 Å². The predicted octanol–water partition coefficient (Wildman–Crippen LogP) is 1.61. The van der Waals surface area contributed by atoms with Gasteiger partial charge in [0.15, 0.2) is 6.61 Å². The van der Waals surface area contributed by atoms with Crippen LogP contribution in [0.25, 0.3) is 0 Å². The van der Waals surface area contributed by atoms with E-state index < -0.39 is 5.97 Å². The van der Waals surface area contributed by atoms with Crippen molar-refractivity contribution in [2.75, 3.05) is 31.1 Å². The van der Waals surface area contributed by atoms with E-state index in [1.165, 1.54) is 0 Å². The van der Waals surface area contributed by atoms with Crippen LogP contribution in [0.15, 0.2) is 24.3 Å². The van der Waals surface area contributed by atoms with Gasteiger partial charge in [-0.15, -0.1) is 0 Å². The lowest BCUT2D eigenvalue weighted by molar-refractivity contribution is -0.146. The molecule has 1 aromatic rings. The maximum Gasteiger partial charge on any atom is 0.338 e. The predicted molar refractivity (Wildman–Crippen MR) is 94.9 cm³/mol. The number of esters is 1. The minimum atomic E-state index is -0.549. The summed E-state index contributed by atoms with van der Waals surface area (Å²) < 4.78 is 10.7. The van der Waals surface area contributed by atoms with Gasteiger partial charge in [-0.2, -0.15) is 0 Å². The number of anilines is 1. The number of carbonyl (C=O) groups excluding carboxylic acids is 3. The number of amides is 2. The van der Waals surface area contributed by atoms with Crippen molar-refractivity contribution in [1.82, 2.24) is 4.90 Å². The largest absolute Gasteiger partial charge is 0.452 e. The third-order valence-electron chi connectivity index (χ3n) is 4.59. The molecule has 26 heavy (non-hydrogen) atoms. The summed E-state index contributed by atoms with van der Waals surface area (Å²) in [5, 5.41) is 0. The van der Waals surface area contributed by atoms with Crippen LogP contribution in [0.3, 0.4) is 0 Å². The van der Waals surface area contributed by atoms with E-state index in [1.54, 1.807) is 34.1 Å². The second-order valence-corrected chi connectivity index (χ2v) is 6.83. The molecule has 2 fully saturated rings. The molecule has 0 unspecified atom stereocenters. The molecule has 2 atom stereocenters. The first-order valence-corrected chi connectivity index (χ1v) is 8.95. The van der Waals surface area contributed by atoms with Gasteiger partial charge in [0.1, 0.15) is 0 Å². The topological polar surface area (TPSA) is 76.2 Å². The Bertz CT molecular complexity index is 678. The molecule has 2 aliphatic rings. The van der Waals surface area contributed by atoms with Gasteiger partial charge in [0.05, 0.1) is 17.8 Å². The Morgan fingerprint density at radius 1 is 1.15 bits per heavy atom. The van der Waals surface area contributed by atoms with Crippen LogP contribution in [-0.4, -0.2) is 61.1 Å². The zero-order valence-corrected chi connectivity index (χ0v) is 15.1. The van der Waals surface area contributed by atoms with Gasteiger partial charge in [-0.3, -0.25) is 9.59 Å². The Kier molecular flexibility index (Phi) is 5.56. The molecular weight excluding hydrogens is 336 g/mol. The Labute approximate surface area is 152 Å². The number of hydrogen-bond donors (Lipinski definition) is 0. The van der Waals surface area contributed by atoms with Crippen LogP contribution >= 0.6 is 0 Å². The van der Waals surface area contributed by atoms with E-state index in [2.05, 4.69) is 0 Å². The summed E-state index contributed by atoms with van der Waals surface area (Å²) in [4.78, 5) is 39.5. The molecule has 0 radical (unpaired) electrons. The van der Waals surface area contributed by atoms with Crippen molar-refractivity contribution in [3.8, 4) is 0 Å². The summed E-state index contributed by atoms with van der Waals surface area (Å²) in [5.41, 5.74) is 1.13. The van der Waals surface area contributed by atoms with Crippen molar-refractivity contribution in [2.45, 2.75) is 38.9 Å². The molecule has 2 heterocycles. The van der Waals surface area contributed by atoms with Crippen molar-refractivity contribution in [3.05, 3.63) is 29.8 Å². The molecule has 2 amide bonds. The number of benzene rings is 1. The number of morpholine rings is 1. The van der Waals surface area contributed by atoms with Crippen LogP contribution in [0.1, 0.15) is 37.0 Å². The first-order valence-electron chi connectivity index (χ1n) is 8.95. The van der Waals surface area contributed by atoms with Gasteiger partial charge >= 0.3 is 5.97 Å². The fraction of sp³-hybridized carbons (Fsp3) is 0.526. The smallest absolute Gasteiger partial charge is 0.338 e. The van der Waals surface area contributed by atoms with Crippen LogP contribution in [0.5, 0.6) is 0 Å². The van der Waals surface area contributed by atoms with Gasteiger partial charge in [0.2, 0.25) is 5.91 Å². The van der Waals surface area contributed by atoms with Crippen molar-refractivity contribution in [1.29, 1.82) is 0 Å². The minimum absolute atomic E-state index is 0.0285. The zero-order valence-electron chi connectivity index (χ0n) is 15.1. The molecule has 0 spiro atoms. The Morgan fingerprint density at radius 3 is 2.38 bits per heavy atom. The first-order chi connectivity index (χ1) is 12.4. The fourth-order valence-corrected chi connectivity index (χ4v) is 3.38. The number of carbonyl (C=O) groups is 3. The SMILES string of the molecule is C[C@@H]1CN(C(=O)COC(=O)c2ccc(N3CCCC3=O)cc2)C[C@H](C)O1. The highest BCUT2D eigenvalue weighted by Crippen LogP contribution is 2.21. The van der Waals surface area contributed by atoms with Crippen molar-refractivity contribution >= 4 is 23.5 Å². The molecule has 0 aliphatic carbocycles.